The smallest absolute Gasteiger partial charge is 0.186 e. The van der Waals surface area contributed by atoms with E-state index < -0.39 is 0 Å². The summed E-state index contributed by atoms with van der Waals surface area (Å²) in [6.07, 6.45) is 1.76. The van der Waals surface area contributed by atoms with Gasteiger partial charge < -0.3 is 15.0 Å². The van der Waals surface area contributed by atoms with Crippen LogP contribution < -0.4 is 10.2 Å². The standard InChI is InChI=1S/C19H17N5OS/c1-2-4-15-14(3-1)20-12-18(22-15)21-13-5-6-16-17(11-13)26-19(23-16)24-7-9-25-10-8-24/h1-6,11-12H,7-10H2,(H,21,22). The minimum absolute atomic E-state index is 0.737. The molecular formula is C19H17N5OS. The fraction of sp³-hybridized carbons (Fsp3) is 0.211. The predicted molar refractivity (Wildman–Crippen MR) is 105 cm³/mol. The predicted octanol–water partition coefficient (Wildman–Crippen LogP) is 3.82. The van der Waals surface area contributed by atoms with Crippen molar-refractivity contribution in [3.8, 4) is 0 Å². The number of morpholine rings is 1. The van der Waals surface area contributed by atoms with E-state index in [9.17, 15) is 0 Å². The first-order valence-corrected chi connectivity index (χ1v) is 9.39. The summed E-state index contributed by atoms with van der Waals surface area (Å²) >= 11 is 1.71. The minimum Gasteiger partial charge on any atom is -0.378 e. The van der Waals surface area contributed by atoms with Crippen LogP contribution in [0.4, 0.5) is 16.6 Å². The maximum atomic E-state index is 5.42. The van der Waals surface area contributed by atoms with E-state index in [1.807, 2.05) is 36.4 Å². The molecule has 1 aliphatic heterocycles. The lowest BCUT2D eigenvalue weighted by Gasteiger charge is -2.25. The summed E-state index contributed by atoms with van der Waals surface area (Å²) < 4.78 is 6.58. The van der Waals surface area contributed by atoms with Crippen LogP contribution >= 0.6 is 11.3 Å². The van der Waals surface area contributed by atoms with E-state index in [1.165, 1.54) is 0 Å². The first kappa shape index (κ1) is 15.5. The molecule has 3 heterocycles. The molecule has 130 valence electrons. The van der Waals surface area contributed by atoms with Crippen molar-refractivity contribution in [1.29, 1.82) is 0 Å². The molecule has 6 nitrogen and oxygen atoms in total. The highest BCUT2D eigenvalue weighted by Crippen LogP contribution is 2.31. The van der Waals surface area contributed by atoms with E-state index in [-0.39, 0.29) is 0 Å². The fourth-order valence-electron chi connectivity index (χ4n) is 3.05. The number of para-hydroxylation sites is 2. The van der Waals surface area contributed by atoms with Gasteiger partial charge in [-0.1, -0.05) is 23.5 Å². The molecule has 0 spiro atoms. The zero-order chi connectivity index (χ0) is 17.3. The maximum Gasteiger partial charge on any atom is 0.186 e. The van der Waals surface area contributed by atoms with Crippen LogP contribution in [0.25, 0.3) is 21.3 Å². The van der Waals surface area contributed by atoms with Crippen molar-refractivity contribution in [2.24, 2.45) is 0 Å². The molecule has 0 atom stereocenters. The molecule has 0 saturated carbocycles. The van der Waals surface area contributed by atoms with Gasteiger partial charge in [0.05, 0.1) is 40.7 Å². The summed E-state index contributed by atoms with van der Waals surface area (Å²) in [7, 11) is 0. The lowest BCUT2D eigenvalue weighted by Crippen LogP contribution is -2.36. The average Bonchev–Trinajstić information content (AvgIpc) is 3.12. The number of hydrogen-bond acceptors (Lipinski definition) is 7. The third-order valence-electron chi connectivity index (χ3n) is 4.38. The van der Waals surface area contributed by atoms with Gasteiger partial charge in [-0.15, -0.1) is 0 Å². The number of benzene rings is 2. The number of rotatable bonds is 3. The monoisotopic (exact) mass is 363 g/mol. The zero-order valence-corrected chi connectivity index (χ0v) is 14.9. The molecule has 1 saturated heterocycles. The van der Waals surface area contributed by atoms with Gasteiger partial charge in [-0.05, 0) is 30.3 Å². The Kier molecular flexibility index (Phi) is 3.88. The quantitative estimate of drug-likeness (QED) is 0.597. The highest BCUT2D eigenvalue weighted by molar-refractivity contribution is 7.22. The van der Waals surface area contributed by atoms with Crippen LogP contribution in [0.2, 0.25) is 0 Å². The van der Waals surface area contributed by atoms with Crippen molar-refractivity contribution in [3.63, 3.8) is 0 Å². The Hall–Kier alpha value is -2.77. The van der Waals surface area contributed by atoms with E-state index >= 15 is 0 Å². The number of nitrogens with one attached hydrogen (secondary N) is 1. The summed E-state index contributed by atoms with van der Waals surface area (Å²) in [5, 5.41) is 4.41. The SMILES string of the molecule is c1ccc2nc(Nc3ccc4nc(N5CCOCC5)sc4c3)cnc2c1. The number of nitrogens with zero attached hydrogens (tertiary/aromatic N) is 4. The maximum absolute atomic E-state index is 5.42. The molecular weight excluding hydrogens is 346 g/mol. The Morgan fingerprint density at radius 3 is 2.69 bits per heavy atom. The number of aromatic nitrogens is 3. The Labute approximate surface area is 154 Å². The summed E-state index contributed by atoms with van der Waals surface area (Å²) in [6.45, 7) is 3.34. The van der Waals surface area contributed by atoms with E-state index in [1.54, 1.807) is 17.5 Å². The third-order valence-corrected chi connectivity index (χ3v) is 5.46. The van der Waals surface area contributed by atoms with Gasteiger partial charge in [0, 0.05) is 18.8 Å². The molecule has 0 unspecified atom stereocenters. The molecule has 7 heteroatoms. The zero-order valence-electron chi connectivity index (χ0n) is 14.1. The topological polar surface area (TPSA) is 63.2 Å². The second kappa shape index (κ2) is 6.51. The Morgan fingerprint density at radius 1 is 0.962 bits per heavy atom. The number of thiazole rings is 1. The first-order valence-electron chi connectivity index (χ1n) is 8.57. The van der Waals surface area contributed by atoms with Gasteiger partial charge >= 0.3 is 0 Å². The summed E-state index contributed by atoms with van der Waals surface area (Å²) in [6, 6.07) is 14.1. The molecule has 1 fully saturated rings. The Morgan fingerprint density at radius 2 is 1.81 bits per heavy atom. The number of hydrogen-bond donors (Lipinski definition) is 1. The van der Waals surface area contributed by atoms with Crippen LogP contribution in [-0.4, -0.2) is 41.3 Å². The summed E-state index contributed by atoms with van der Waals surface area (Å²) in [5.41, 5.74) is 3.78. The van der Waals surface area contributed by atoms with Crippen LogP contribution in [-0.2, 0) is 4.74 Å². The molecule has 2 aromatic carbocycles. The van der Waals surface area contributed by atoms with Gasteiger partial charge in [0.15, 0.2) is 5.13 Å². The Bertz CT molecular complexity index is 1070. The molecule has 1 aliphatic rings. The molecule has 0 aliphatic carbocycles. The van der Waals surface area contributed by atoms with Gasteiger partial charge in [-0.3, -0.25) is 4.98 Å². The Balaban J connectivity index is 1.43. The molecule has 2 aromatic heterocycles. The van der Waals surface area contributed by atoms with E-state index in [2.05, 4.69) is 26.3 Å². The van der Waals surface area contributed by atoms with Gasteiger partial charge in [0.2, 0.25) is 0 Å². The molecule has 0 bridgehead atoms. The third kappa shape index (κ3) is 2.95. The highest BCUT2D eigenvalue weighted by Gasteiger charge is 2.15. The van der Waals surface area contributed by atoms with Crippen molar-refractivity contribution >= 4 is 49.2 Å². The summed E-state index contributed by atoms with van der Waals surface area (Å²) in [5.74, 6) is 0.737. The van der Waals surface area contributed by atoms with Gasteiger partial charge in [-0.25, -0.2) is 9.97 Å². The first-order chi connectivity index (χ1) is 12.8. The molecule has 26 heavy (non-hydrogen) atoms. The van der Waals surface area contributed by atoms with Crippen LogP contribution in [0, 0.1) is 0 Å². The second-order valence-corrected chi connectivity index (χ2v) is 7.16. The van der Waals surface area contributed by atoms with Crippen LogP contribution in [0.15, 0.2) is 48.7 Å². The molecule has 0 radical (unpaired) electrons. The average molecular weight is 363 g/mol. The van der Waals surface area contributed by atoms with Crippen LogP contribution in [0.3, 0.4) is 0 Å². The largest absolute Gasteiger partial charge is 0.378 e. The molecule has 5 rings (SSSR count). The lowest BCUT2D eigenvalue weighted by atomic mass is 10.3. The normalized spacial score (nSPS) is 14.8. The van der Waals surface area contributed by atoms with Crippen molar-refractivity contribution in [3.05, 3.63) is 48.7 Å². The summed E-state index contributed by atoms with van der Waals surface area (Å²) in [4.78, 5) is 16.1. The molecule has 0 amide bonds. The second-order valence-electron chi connectivity index (χ2n) is 6.15. The number of fused-ring (bicyclic) bond motifs is 2. The van der Waals surface area contributed by atoms with E-state index in [0.717, 1.165) is 64.2 Å². The van der Waals surface area contributed by atoms with Gasteiger partial charge in [0.25, 0.3) is 0 Å². The van der Waals surface area contributed by atoms with Crippen molar-refractivity contribution in [2.75, 3.05) is 36.5 Å². The minimum atomic E-state index is 0.737. The fourth-order valence-corrected chi connectivity index (χ4v) is 4.10. The van der Waals surface area contributed by atoms with Crippen molar-refractivity contribution < 1.29 is 4.74 Å². The number of anilines is 3. The van der Waals surface area contributed by atoms with Crippen molar-refractivity contribution in [1.82, 2.24) is 15.0 Å². The molecule has 4 aromatic rings. The van der Waals surface area contributed by atoms with Crippen molar-refractivity contribution in [2.45, 2.75) is 0 Å². The lowest BCUT2D eigenvalue weighted by molar-refractivity contribution is 0.122. The van der Waals surface area contributed by atoms with Gasteiger partial charge in [0.1, 0.15) is 5.82 Å². The molecule has 1 N–H and O–H groups in total. The highest BCUT2D eigenvalue weighted by atomic mass is 32.1. The van der Waals surface area contributed by atoms with E-state index in [0.29, 0.717) is 0 Å². The number of ether oxygens (including phenoxy) is 1. The van der Waals surface area contributed by atoms with Gasteiger partial charge in [-0.2, -0.15) is 0 Å². The van der Waals surface area contributed by atoms with Crippen LogP contribution in [0.1, 0.15) is 0 Å². The van der Waals surface area contributed by atoms with E-state index in [4.69, 9.17) is 9.72 Å². The van der Waals surface area contributed by atoms with Crippen LogP contribution in [0.5, 0.6) is 0 Å².